The second-order valence-corrected chi connectivity index (χ2v) is 9.70. The van der Waals surface area contributed by atoms with Crippen LogP contribution in [0.1, 0.15) is 38.3 Å². The van der Waals surface area contributed by atoms with Crippen molar-refractivity contribution in [3.8, 4) is 11.1 Å². The number of nitrogens with one attached hydrogen (secondary N) is 1. The number of aliphatic hydroxyl groups excluding tert-OH is 1. The fourth-order valence-corrected chi connectivity index (χ4v) is 4.11. The Morgan fingerprint density at radius 1 is 0.971 bits per heavy atom. The summed E-state index contributed by atoms with van der Waals surface area (Å²) in [7, 11) is 0. The summed E-state index contributed by atoms with van der Waals surface area (Å²) in [6, 6.07) is 21.8. The minimum atomic E-state index is -0.834. The first-order valence-electron chi connectivity index (χ1n) is 11.6. The molecule has 180 valence electrons. The molecule has 6 heteroatoms. The van der Waals surface area contributed by atoms with Crippen LogP contribution in [-0.4, -0.2) is 40.0 Å². The van der Waals surface area contributed by atoms with E-state index in [4.69, 9.17) is 10.5 Å². The van der Waals surface area contributed by atoms with Crippen LogP contribution in [0.15, 0.2) is 79.1 Å². The largest absolute Gasteiger partial charge is 0.446 e. The monoisotopic (exact) mass is 461 g/mol. The second-order valence-electron chi connectivity index (χ2n) is 9.70. The summed E-state index contributed by atoms with van der Waals surface area (Å²) in [5, 5.41) is 14.8. The van der Waals surface area contributed by atoms with Gasteiger partial charge in [0, 0.05) is 36.8 Å². The molecule has 0 aliphatic carbocycles. The van der Waals surface area contributed by atoms with E-state index in [9.17, 15) is 9.90 Å². The highest BCUT2D eigenvalue weighted by Gasteiger charge is 2.28. The fourth-order valence-electron chi connectivity index (χ4n) is 4.11. The van der Waals surface area contributed by atoms with E-state index in [-0.39, 0.29) is 18.0 Å². The van der Waals surface area contributed by atoms with Gasteiger partial charge < -0.3 is 20.9 Å². The summed E-state index contributed by atoms with van der Waals surface area (Å²) >= 11 is 0. The van der Waals surface area contributed by atoms with Crippen molar-refractivity contribution in [1.82, 2.24) is 10.3 Å². The maximum absolute atomic E-state index is 11.5. The zero-order chi connectivity index (χ0) is 24.6. The Kier molecular flexibility index (Phi) is 8.79. The molecule has 0 saturated carbocycles. The molecule has 0 bridgehead atoms. The summed E-state index contributed by atoms with van der Waals surface area (Å²) in [6.45, 7) is 6.21. The third kappa shape index (κ3) is 8.28. The number of rotatable bonds is 10. The van der Waals surface area contributed by atoms with Gasteiger partial charge in [-0.3, -0.25) is 4.98 Å². The third-order valence-corrected chi connectivity index (χ3v) is 5.58. The molecule has 1 heterocycles. The molecule has 4 N–H and O–H groups in total. The standard InChI is InChI=1S/C28H35N3O3/c1-28(2,3)31-25(17-21-11-13-22(14-12-21)23-10-7-15-30-19-23)26(32)18-24(34-27(29)33)16-20-8-5-4-6-9-20/h4-15,19,24-26,31-32H,16-18H2,1-3H3,(H2,29,33)/t24-,25-,26-/m0/s1. The number of amides is 1. The SMILES string of the molecule is CC(C)(C)N[C@@H](Cc1ccc(-c2cccnc2)cc1)[C@@H](O)C[C@H](Cc1ccccc1)OC(N)=O. The average Bonchev–Trinajstić information content (AvgIpc) is 2.79. The topological polar surface area (TPSA) is 97.5 Å². The van der Waals surface area contributed by atoms with E-state index in [0.717, 1.165) is 22.3 Å². The van der Waals surface area contributed by atoms with Gasteiger partial charge in [-0.1, -0.05) is 60.7 Å². The lowest BCUT2D eigenvalue weighted by atomic mass is 9.92. The van der Waals surface area contributed by atoms with Crippen LogP contribution < -0.4 is 11.1 Å². The first-order chi connectivity index (χ1) is 16.2. The lowest BCUT2D eigenvalue weighted by Crippen LogP contribution is -2.51. The molecule has 0 saturated heterocycles. The zero-order valence-electron chi connectivity index (χ0n) is 20.1. The molecular formula is C28H35N3O3. The Morgan fingerprint density at radius 3 is 2.24 bits per heavy atom. The van der Waals surface area contributed by atoms with Crippen molar-refractivity contribution >= 4 is 6.09 Å². The van der Waals surface area contributed by atoms with Crippen LogP contribution in [0.2, 0.25) is 0 Å². The number of carbonyl (C=O) groups is 1. The van der Waals surface area contributed by atoms with Crippen molar-refractivity contribution in [2.24, 2.45) is 5.73 Å². The summed E-state index contributed by atoms with van der Waals surface area (Å²) in [5.41, 5.74) is 9.39. The van der Waals surface area contributed by atoms with Gasteiger partial charge in [-0.15, -0.1) is 0 Å². The molecule has 0 aliphatic rings. The summed E-state index contributed by atoms with van der Waals surface area (Å²) in [4.78, 5) is 15.7. The van der Waals surface area contributed by atoms with Crippen LogP contribution >= 0.6 is 0 Å². The number of nitrogens with zero attached hydrogens (tertiary/aromatic N) is 1. The number of primary amides is 1. The van der Waals surface area contributed by atoms with Gasteiger partial charge in [0.05, 0.1) is 6.10 Å². The predicted octanol–water partition coefficient (Wildman–Crippen LogP) is 4.51. The molecule has 0 radical (unpaired) electrons. The van der Waals surface area contributed by atoms with Crippen molar-refractivity contribution in [2.45, 2.75) is 63.8 Å². The normalized spacial score (nSPS) is 14.2. The molecule has 1 amide bonds. The molecule has 34 heavy (non-hydrogen) atoms. The maximum Gasteiger partial charge on any atom is 0.404 e. The van der Waals surface area contributed by atoms with Gasteiger partial charge >= 0.3 is 6.09 Å². The summed E-state index contributed by atoms with van der Waals surface area (Å²) < 4.78 is 5.37. The minimum Gasteiger partial charge on any atom is -0.446 e. The fraction of sp³-hybridized carbons (Fsp3) is 0.357. The minimum absolute atomic E-state index is 0.208. The van der Waals surface area contributed by atoms with Crippen LogP contribution in [0.4, 0.5) is 4.79 Å². The number of benzene rings is 2. The number of ether oxygens (including phenoxy) is 1. The third-order valence-electron chi connectivity index (χ3n) is 5.58. The molecular weight excluding hydrogens is 426 g/mol. The number of pyridine rings is 1. The van der Waals surface area contributed by atoms with E-state index in [1.54, 1.807) is 6.20 Å². The van der Waals surface area contributed by atoms with E-state index in [0.29, 0.717) is 12.8 Å². The first-order valence-corrected chi connectivity index (χ1v) is 11.6. The van der Waals surface area contributed by atoms with Crippen molar-refractivity contribution in [3.63, 3.8) is 0 Å². The number of hydrogen-bond donors (Lipinski definition) is 3. The van der Waals surface area contributed by atoms with Crippen LogP contribution in [0.25, 0.3) is 11.1 Å². The van der Waals surface area contributed by atoms with E-state index < -0.39 is 18.3 Å². The zero-order valence-corrected chi connectivity index (χ0v) is 20.1. The highest BCUT2D eigenvalue weighted by Crippen LogP contribution is 2.21. The molecule has 3 aromatic rings. The van der Waals surface area contributed by atoms with Gasteiger partial charge in [-0.25, -0.2) is 4.79 Å². The van der Waals surface area contributed by atoms with Crippen molar-refractivity contribution in [2.75, 3.05) is 0 Å². The molecule has 3 rings (SSSR count). The molecule has 1 aromatic heterocycles. The number of carbonyl (C=O) groups excluding carboxylic acids is 1. The van der Waals surface area contributed by atoms with Gasteiger partial charge in [-0.05, 0) is 55.5 Å². The van der Waals surface area contributed by atoms with Crippen molar-refractivity contribution in [3.05, 3.63) is 90.3 Å². The average molecular weight is 462 g/mol. The lowest BCUT2D eigenvalue weighted by Gasteiger charge is -2.33. The Morgan fingerprint density at radius 2 is 1.65 bits per heavy atom. The Labute approximate surface area is 202 Å². The summed E-state index contributed by atoms with van der Waals surface area (Å²) in [5.74, 6) is 0. The maximum atomic E-state index is 11.5. The molecule has 0 unspecified atom stereocenters. The van der Waals surface area contributed by atoms with Gasteiger partial charge in [-0.2, -0.15) is 0 Å². The lowest BCUT2D eigenvalue weighted by molar-refractivity contribution is 0.0374. The Bertz CT molecular complexity index is 1020. The quantitative estimate of drug-likeness (QED) is 0.413. The number of hydrogen-bond acceptors (Lipinski definition) is 5. The smallest absolute Gasteiger partial charge is 0.404 e. The van der Waals surface area contributed by atoms with E-state index in [1.165, 1.54) is 0 Å². The molecule has 2 aromatic carbocycles. The predicted molar refractivity (Wildman–Crippen MR) is 135 cm³/mol. The second kappa shape index (κ2) is 11.8. The van der Waals surface area contributed by atoms with Crippen LogP contribution in [-0.2, 0) is 17.6 Å². The van der Waals surface area contributed by atoms with Crippen LogP contribution in [0.5, 0.6) is 0 Å². The van der Waals surface area contributed by atoms with Gasteiger partial charge in [0.25, 0.3) is 0 Å². The van der Waals surface area contributed by atoms with Crippen LogP contribution in [0, 0.1) is 0 Å². The Balaban J connectivity index is 1.73. The molecule has 0 fully saturated rings. The number of nitrogens with two attached hydrogens (primary N) is 1. The number of aliphatic hydroxyl groups is 1. The Hall–Kier alpha value is -3.22. The highest BCUT2D eigenvalue weighted by atomic mass is 16.6. The van der Waals surface area contributed by atoms with E-state index in [1.807, 2.05) is 48.7 Å². The van der Waals surface area contributed by atoms with Gasteiger partial charge in [0.15, 0.2) is 0 Å². The van der Waals surface area contributed by atoms with Crippen molar-refractivity contribution in [1.29, 1.82) is 0 Å². The van der Waals surface area contributed by atoms with Crippen molar-refractivity contribution < 1.29 is 14.6 Å². The molecule has 0 aliphatic heterocycles. The molecule has 0 spiro atoms. The molecule has 6 nitrogen and oxygen atoms in total. The number of aromatic nitrogens is 1. The van der Waals surface area contributed by atoms with Gasteiger partial charge in [0.1, 0.15) is 6.10 Å². The van der Waals surface area contributed by atoms with Crippen LogP contribution in [0.3, 0.4) is 0 Å². The van der Waals surface area contributed by atoms with Gasteiger partial charge in [0.2, 0.25) is 0 Å². The summed E-state index contributed by atoms with van der Waals surface area (Å²) in [6.07, 6.45) is 2.89. The van der Waals surface area contributed by atoms with E-state index in [2.05, 4.69) is 55.3 Å². The molecule has 3 atom stereocenters. The van der Waals surface area contributed by atoms with E-state index >= 15 is 0 Å². The highest BCUT2D eigenvalue weighted by molar-refractivity contribution is 5.65. The first kappa shape index (κ1) is 25.4.